The van der Waals surface area contributed by atoms with Crippen LogP contribution in [-0.4, -0.2) is 35.3 Å². The quantitative estimate of drug-likeness (QED) is 0.758. The Kier molecular flexibility index (Phi) is 4.37. The van der Waals surface area contributed by atoms with E-state index in [1.165, 1.54) is 41.0 Å². The molecule has 0 atom stereocenters. The molecule has 1 heterocycles. The molecule has 0 saturated carbocycles. The molecule has 6 nitrogen and oxygen atoms in total. The summed E-state index contributed by atoms with van der Waals surface area (Å²) in [7, 11) is -3.35. The van der Waals surface area contributed by atoms with Crippen molar-refractivity contribution in [2.45, 2.75) is 11.8 Å². The Bertz CT molecular complexity index is 1090. The van der Waals surface area contributed by atoms with Gasteiger partial charge in [-0.25, -0.2) is 22.6 Å². The van der Waals surface area contributed by atoms with Crippen LogP contribution in [-0.2, 0) is 9.84 Å². The second kappa shape index (κ2) is 6.38. The number of halogens is 1. The number of hydrogen-bond donors (Lipinski definition) is 1. The third-order valence-electron chi connectivity index (χ3n) is 3.88. The van der Waals surface area contributed by atoms with Crippen molar-refractivity contribution in [1.29, 1.82) is 0 Å². The molecule has 0 fully saturated rings. The molecule has 0 bridgehead atoms. The van der Waals surface area contributed by atoms with Crippen molar-refractivity contribution in [1.82, 2.24) is 9.55 Å². The van der Waals surface area contributed by atoms with E-state index in [9.17, 15) is 22.7 Å². The first-order valence-electron chi connectivity index (χ1n) is 7.57. The van der Waals surface area contributed by atoms with Crippen molar-refractivity contribution in [3.63, 3.8) is 0 Å². The summed E-state index contributed by atoms with van der Waals surface area (Å²) in [6.45, 7) is 1.66. The molecule has 0 amide bonds. The van der Waals surface area contributed by atoms with Crippen molar-refractivity contribution >= 4 is 15.8 Å². The minimum atomic E-state index is -3.35. The second-order valence-corrected chi connectivity index (χ2v) is 7.80. The highest BCUT2D eigenvalue weighted by Gasteiger charge is 2.22. The minimum absolute atomic E-state index is 0.158. The molecule has 1 aromatic heterocycles. The Morgan fingerprint density at radius 2 is 1.65 bits per heavy atom. The number of carboxylic acids is 1. The highest BCUT2D eigenvalue weighted by Crippen LogP contribution is 2.29. The lowest BCUT2D eigenvalue weighted by Gasteiger charge is -2.12. The predicted octanol–water partition coefficient (Wildman–Crippen LogP) is 3.09. The molecule has 3 rings (SSSR count). The van der Waals surface area contributed by atoms with Crippen LogP contribution in [0.5, 0.6) is 0 Å². The van der Waals surface area contributed by atoms with Gasteiger partial charge in [0.2, 0.25) is 5.82 Å². The van der Waals surface area contributed by atoms with Crippen molar-refractivity contribution in [2.75, 3.05) is 6.26 Å². The van der Waals surface area contributed by atoms with Crippen LogP contribution < -0.4 is 0 Å². The van der Waals surface area contributed by atoms with E-state index in [1.807, 2.05) is 0 Å². The molecule has 0 aliphatic rings. The smallest absolute Gasteiger partial charge is 0.372 e. The summed E-state index contributed by atoms with van der Waals surface area (Å²) < 4.78 is 37.9. The molecule has 26 heavy (non-hydrogen) atoms. The topological polar surface area (TPSA) is 89.3 Å². The van der Waals surface area contributed by atoms with Crippen molar-refractivity contribution in [2.24, 2.45) is 0 Å². The van der Waals surface area contributed by atoms with Gasteiger partial charge in [0.15, 0.2) is 9.84 Å². The lowest BCUT2D eigenvalue weighted by Crippen LogP contribution is -2.09. The van der Waals surface area contributed by atoms with Gasteiger partial charge < -0.3 is 5.11 Å². The molecular weight excluding hydrogens is 359 g/mol. The van der Waals surface area contributed by atoms with E-state index in [1.54, 1.807) is 19.1 Å². The highest BCUT2D eigenvalue weighted by atomic mass is 32.2. The Morgan fingerprint density at radius 3 is 2.15 bits per heavy atom. The summed E-state index contributed by atoms with van der Waals surface area (Å²) in [6, 6.07) is 11.4. The number of aromatic nitrogens is 2. The maximum atomic E-state index is 13.2. The van der Waals surface area contributed by atoms with Gasteiger partial charge in [0, 0.05) is 17.5 Å². The van der Waals surface area contributed by atoms with E-state index >= 15 is 0 Å². The predicted molar refractivity (Wildman–Crippen MR) is 93.8 cm³/mol. The van der Waals surface area contributed by atoms with Crippen LogP contribution in [0.2, 0.25) is 0 Å². The Balaban J connectivity index is 2.24. The summed E-state index contributed by atoms with van der Waals surface area (Å²) in [6.07, 6.45) is 1.11. The number of nitrogens with zero attached hydrogens (tertiary/aromatic N) is 2. The first-order chi connectivity index (χ1) is 12.2. The van der Waals surface area contributed by atoms with Gasteiger partial charge in [-0.1, -0.05) is 12.1 Å². The third-order valence-corrected chi connectivity index (χ3v) is 5.01. The zero-order valence-electron chi connectivity index (χ0n) is 14.0. The fourth-order valence-electron chi connectivity index (χ4n) is 2.71. The van der Waals surface area contributed by atoms with Crippen LogP contribution >= 0.6 is 0 Å². The summed E-state index contributed by atoms with van der Waals surface area (Å²) in [5.41, 5.74) is 1.98. The van der Waals surface area contributed by atoms with E-state index in [4.69, 9.17) is 0 Å². The lowest BCUT2D eigenvalue weighted by molar-refractivity contribution is 0.0681. The maximum Gasteiger partial charge on any atom is 0.372 e. The summed E-state index contributed by atoms with van der Waals surface area (Å²) >= 11 is 0. The van der Waals surface area contributed by atoms with E-state index in [2.05, 4.69) is 4.98 Å². The van der Waals surface area contributed by atoms with Crippen molar-refractivity contribution in [3.05, 3.63) is 65.9 Å². The number of imidazole rings is 1. The molecule has 0 aliphatic heterocycles. The zero-order chi connectivity index (χ0) is 19.1. The molecule has 0 aliphatic carbocycles. The summed E-state index contributed by atoms with van der Waals surface area (Å²) in [4.78, 5) is 15.9. The average molecular weight is 374 g/mol. The largest absolute Gasteiger partial charge is 0.475 e. The fourth-order valence-corrected chi connectivity index (χ4v) is 3.34. The third kappa shape index (κ3) is 3.23. The molecule has 1 N–H and O–H groups in total. The van der Waals surface area contributed by atoms with Crippen molar-refractivity contribution in [3.8, 4) is 16.9 Å². The summed E-state index contributed by atoms with van der Waals surface area (Å²) in [5.74, 6) is -1.88. The first-order valence-corrected chi connectivity index (χ1v) is 9.46. The standard InChI is InChI=1S/C18H15FN2O4S/c1-11-16(12-3-9-15(10-4-12)26(2,24)25)21(17(20-11)18(22)23)14-7-5-13(19)6-8-14/h3-10H,1-2H3,(H,22,23). The molecule has 3 aromatic rings. The normalized spacial score (nSPS) is 11.5. The number of sulfone groups is 1. The molecule has 0 spiro atoms. The second-order valence-electron chi connectivity index (χ2n) is 5.78. The highest BCUT2D eigenvalue weighted by molar-refractivity contribution is 7.90. The number of hydrogen-bond acceptors (Lipinski definition) is 4. The number of carbonyl (C=O) groups is 1. The van der Waals surface area contributed by atoms with Crippen LogP contribution in [0.25, 0.3) is 16.9 Å². The van der Waals surface area contributed by atoms with Gasteiger partial charge >= 0.3 is 5.97 Å². The number of rotatable bonds is 4. The lowest BCUT2D eigenvalue weighted by atomic mass is 10.1. The monoisotopic (exact) mass is 374 g/mol. The van der Waals surface area contributed by atoms with E-state index in [0.717, 1.165) is 6.26 Å². The number of carboxylic acid groups (broad SMARTS) is 1. The number of benzene rings is 2. The average Bonchev–Trinajstić information content (AvgIpc) is 2.92. The van der Waals surface area contributed by atoms with Gasteiger partial charge in [-0.2, -0.15) is 0 Å². The van der Waals surface area contributed by atoms with Crippen LogP contribution in [0.4, 0.5) is 4.39 Å². The Morgan fingerprint density at radius 1 is 1.08 bits per heavy atom. The molecular formula is C18H15FN2O4S. The number of aryl methyl sites for hydroxylation is 1. The molecule has 134 valence electrons. The number of aromatic carboxylic acids is 1. The Labute approximate surface area is 149 Å². The van der Waals surface area contributed by atoms with Crippen LogP contribution in [0, 0.1) is 12.7 Å². The molecule has 0 radical (unpaired) electrons. The van der Waals surface area contributed by atoms with Crippen molar-refractivity contribution < 1.29 is 22.7 Å². The van der Waals surface area contributed by atoms with Crippen LogP contribution in [0.3, 0.4) is 0 Å². The van der Waals surface area contributed by atoms with Gasteiger partial charge in [-0.05, 0) is 43.3 Å². The van der Waals surface area contributed by atoms with E-state index in [-0.39, 0.29) is 10.7 Å². The van der Waals surface area contributed by atoms with Gasteiger partial charge in [0.25, 0.3) is 0 Å². The van der Waals surface area contributed by atoms with Gasteiger partial charge in [-0.15, -0.1) is 0 Å². The van der Waals surface area contributed by atoms with Gasteiger partial charge in [0.05, 0.1) is 16.3 Å². The van der Waals surface area contributed by atoms with Crippen LogP contribution in [0.15, 0.2) is 53.4 Å². The Hall–Kier alpha value is -3.00. The summed E-state index contributed by atoms with van der Waals surface area (Å²) in [5, 5.41) is 9.48. The first kappa shape index (κ1) is 17.8. The molecule has 0 saturated heterocycles. The molecule has 2 aromatic carbocycles. The molecule has 8 heteroatoms. The van der Waals surface area contributed by atoms with Crippen LogP contribution in [0.1, 0.15) is 16.3 Å². The van der Waals surface area contributed by atoms with E-state index in [0.29, 0.717) is 22.6 Å². The SMILES string of the molecule is Cc1nc(C(=O)O)n(-c2ccc(F)cc2)c1-c1ccc(S(C)(=O)=O)cc1. The fraction of sp³-hybridized carbons (Fsp3) is 0.111. The van der Waals surface area contributed by atoms with E-state index < -0.39 is 21.6 Å². The maximum absolute atomic E-state index is 13.2. The molecule has 0 unspecified atom stereocenters. The van der Waals surface area contributed by atoms with Gasteiger partial charge in [0.1, 0.15) is 5.82 Å². The van der Waals surface area contributed by atoms with Gasteiger partial charge in [-0.3, -0.25) is 4.57 Å². The zero-order valence-corrected chi connectivity index (χ0v) is 14.8. The minimum Gasteiger partial charge on any atom is -0.475 e.